The number of thiophene rings is 1. The number of amides is 1. The third kappa shape index (κ3) is 3.09. The molecule has 0 radical (unpaired) electrons. The van der Waals surface area contributed by atoms with E-state index in [1.807, 2.05) is 44.4 Å². The fourth-order valence-electron chi connectivity index (χ4n) is 2.78. The second-order valence-corrected chi connectivity index (χ2v) is 7.32. The quantitative estimate of drug-likeness (QED) is 0.714. The fraction of sp³-hybridized carbons (Fsp3) is 0.316. The molecule has 3 rings (SSSR count). The molecule has 25 heavy (non-hydrogen) atoms. The third-order valence-electron chi connectivity index (χ3n) is 4.38. The zero-order valence-electron chi connectivity index (χ0n) is 14.8. The normalized spacial score (nSPS) is 12.5. The van der Waals surface area contributed by atoms with Crippen molar-refractivity contribution in [3.05, 3.63) is 62.7 Å². The Kier molecular flexibility index (Phi) is 4.72. The molecule has 0 fully saturated rings. The first kappa shape index (κ1) is 17.4. The van der Waals surface area contributed by atoms with Crippen molar-refractivity contribution in [1.82, 2.24) is 14.7 Å². The molecule has 3 aromatic rings. The van der Waals surface area contributed by atoms with Gasteiger partial charge in [0.25, 0.3) is 11.5 Å². The maximum Gasteiger partial charge on any atom is 0.275 e. The van der Waals surface area contributed by atoms with Crippen LogP contribution in [0.1, 0.15) is 48.2 Å². The monoisotopic (exact) mass is 355 g/mol. The minimum Gasteiger partial charge on any atom is -0.333 e. The summed E-state index contributed by atoms with van der Waals surface area (Å²) in [5.41, 5.74) is 0.144. The van der Waals surface area contributed by atoms with Crippen LogP contribution in [0.15, 0.2) is 46.6 Å². The van der Waals surface area contributed by atoms with Gasteiger partial charge in [0.15, 0.2) is 5.69 Å². The van der Waals surface area contributed by atoms with Gasteiger partial charge in [0, 0.05) is 17.3 Å². The van der Waals surface area contributed by atoms with Crippen LogP contribution in [0.25, 0.3) is 10.8 Å². The summed E-state index contributed by atoms with van der Waals surface area (Å²) in [4.78, 5) is 28.5. The van der Waals surface area contributed by atoms with Gasteiger partial charge in [0.1, 0.15) is 0 Å². The molecule has 0 aliphatic heterocycles. The molecule has 0 aliphatic carbocycles. The van der Waals surface area contributed by atoms with Crippen LogP contribution in [0.5, 0.6) is 0 Å². The Bertz CT molecular complexity index is 960. The van der Waals surface area contributed by atoms with Crippen LogP contribution >= 0.6 is 11.3 Å². The molecule has 1 amide bonds. The molecule has 5 nitrogen and oxygen atoms in total. The van der Waals surface area contributed by atoms with Crippen molar-refractivity contribution in [3.8, 4) is 0 Å². The van der Waals surface area contributed by atoms with Crippen LogP contribution in [-0.4, -0.2) is 27.6 Å². The predicted molar refractivity (Wildman–Crippen MR) is 101 cm³/mol. The highest BCUT2D eigenvalue weighted by molar-refractivity contribution is 7.10. The van der Waals surface area contributed by atoms with Crippen LogP contribution in [0.3, 0.4) is 0 Å². The lowest BCUT2D eigenvalue weighted by Gasteiger charge is -2.24. The summed E-state index contributed by atoms with van der Waals surface area (Å²) in [5.74, 6) is -0.188. The maximum atomic E-state index is 13.1. The Balaban J connectivity index is 2.12. The van der Waals surface area contributed by atoms with Gasteiger partial charge in [-0.15, -0.1) is 11.3 Å². The summed E-state index contributed by atoms with van der Waals surface area (Å²) in [6, 6.07) is 11.0. The minimum absolute atomic E-state index is 0.0625. The van der Waals surface area contributed by atoms with Crippen molar-refractivity contribution in [3.63, 3.8) is 0 Å². The first-order valence-corrected chi connectivity index (χ1v) is 9.12. The van der Waals surface area contributed by atoms with E-state index in [0.29, 0.717) is 16.5 Å². The van der Waals surface area contributed by atoms with Crippen molar-refractivity contribution in [2.24, 2.45) is 0 Å². The minimum atomic E-state index is -0.188. The highest BCUT2D eigenvalue weighted by Crippen LogP contribution is 2.26. The molecule has 2 heterocycles. The Hall–Kier alpha value is -2.47. The SMILES string of the molecule is CC(C)n1nc(C(=O)N(C)[C@@H](C)c2cccs2)c2ccccc2c1=O. The lowest BCUT2D eigenvalue weighted by molar-refractivity contribution is 0.0738. The van der Waals surface area contributed by atoms with E-state index >= 15 is 0 Å². The van der Waals surface area contributed by atoms with E-state index < -0.39 is 0 Å². The number of fused-ring (bicyclic) bond motifs is 1. The molecule has 0 unspecified atom stereocenters. The number of rotatable bonds is 4. The Morgan fingerprint density at radius 2 is 1.80 bits per heavy atom. The number of hydrogen-bond acceptors (Lipinski definition) is 4. The van der Waals surface area contributed by atoms with Crippen molar-refractivity contribution in [1.29, 1.82) is 0 Å². The van der Waals surface area contributed by atoms with Crippen LogP contribution in [0.4, 0.5) is 0 Å². The van der Waals surface area contributed by atoms with E-state index in [0.717, 1.165) is 4.88 Å². The van der Waals surface area contributed by atoms with E-state index in [2.05, 4.69) is 5.10 Å². The summed E-state index contributed by atoms with van der Waals surface area (Å²) in [5, 5.41) is 7.51. The van der Waals surface area contributed by atoms with Gasteiger partial charge in [-0.1, -0.05) is 24.3 Å². The van der Waals surface area contributed by atoms with E-state index in [-0.39, 0.29) is 23.6 Å². The lowest BCUT2D eigenvalue weighted by atomic mass is 10.1. The zero-order valence-corrected chi connectivity index (χ0v) is 15.6. The van der Waals surface area contributed by atoms with E-state index in [4.69, 9.17) is 0 Å². The number of hydrogen-bond donors (Lipinski definition) is 0. The fourth-order valence-corrected chi connectivity index (χ4v) is 3.60. The number of nitrogens with zero attached hydrogens (tertiary/aromatic N) is 3. The average molecular weight is 355 g/mol. The zero-order chi connectivity index (χ0) is 18.1. The topological polar surface area (TPSA) is 55.2 Å². The molecular weight excluding hydrogens is 334 g/mol. The highest BCUT2D eigenvalue weighted by atomic mass is 32.1. The van der Waals surface area contributed by atoms with Gasteiger partial charge < -0.3 is 4.90 Å². The molecule has 6 heteroatoms. The molecule has 130 valence electrons. The molecule has 1 atom stereocenters. The second kappa shape index (κ2) is 6.80. The standard InChI is InChI=1S/C19H21N3O2S/c1-12(2)22-18(23)15-9-6-5-8-14(15)17(20-22)19(24)21(4)13(3)16-10-7-11-25-16/h5-13H,1-4H3/t13-/m0/s1. The summed E-state index contributed by atoms with van der Waals surface area (Å²) < 4.78 is 1.39. The first-order valence-electron chi connectivity index (χ1n) is 8.24. The van der Waals surface area contributed by atoms with Crippen molar-refractivity contribution in [2.45, 2.75) is 32.9 Å². The van der Waals surface area contributed by atoms with Crippen LogP contribution in [-0.2, 0) is 0 Å². The summed E-state index contributed by atoms with van der Waals surface area (Å²) in [6.45, 7) is 5.76. The van der Waals surface area contributed by atoms with Gasteiger partial charge in [0.05, 0.1) is 17.5 Å². The van der Waals surface area contributed by atoms with Gasteiger partial charge in [-0.05, 0) is 38.3 Å². The van der Waals surface area contributed by atoms with Crippen molar-refractivity contribution < 1.29 is 4.79 Å². The predicted octanol–water partition coefficient (Wildman–Crippen LogP) is 3.87. The third-order valence-corrected chi connectivity index (χ3v) is 5.42. The van der Waals surface area contributed by atoms with Gasteiger partial charge >= 0.3 is 0 Å². The number of carbonyl (C=O) groups excluding carboxylic acids is 1. The van der Waals surface area contributed by atoms with Crippen molar-refractivity contribution >= 4 is 28.0 Å². The largest absolute Gasteiger partial charge is 0.333 e. The second-order valence-electron chi connectivity index (χ2n) is 6.35. The number of aromatic nitrogens is 2. The summed E-state index contributed by atoms with van der Waals surface area (Å²) in [6.07, 6.45) is 0. The van der Waals surface area contributed by atoms with Gasteiger partial charge in [-0.2, -0.15) is 5.10 Å². The molecule has 2 aromatic heterocycles. The molecular formula is C19H21N3O2S. The first-order chi connectivity index (χ1) is 11.9. The van der Waals surface area contributed by atoms with Crippen LogP contribution in [0.2, 0.25) is 0 Å². The Morgan fingerprint density at radius 1 is 1.12 bits per heavy atom. The Labute approximate surface area is 150 Å². The van der Waals surface area contributed by atoms with Gasteiger partial charge in [0.2, 0.25) is 0 Å². The van der Waals surface area contributed by atoms with Crippen LogP contribution < -0.4 is 5.56 Å². The van der Waals surface area contributed by atoms with Crippen molar-refractivity contribution in [2.75, 3.05) is 7.05 Å². The maximum absolute atomic E-state index is 13.1. The van der Waals surface area contributed by atoms with E-state index in [1.54, 1.807) is 41.5 Å². The molecule has 0 bridgehead atoms. The molecule has 0 spiro atoms. The van der Waals surface area contributed by atoms with Gasteiger partial charge in [-0.3, -0.25) is 9.59 Å². The lowest BCUT2D eigenvalue weighted by Crippen LogP contribution is -2.34. The molecule has 0 saturated carbocycles. The Morgan fingerprint density at radius 3 is 2.40 bits per heavy atom. The molecule has 0 aliphatic rings. The van der Waals surface area contributed by atoms with Crippen LogP contribution in [0, 0.1) is 0 Å². The molecule has 0 saturated heterocycles. The van der Waals surface area contributed by atoms with E-state index in [1.165, 1.54) is 4.68 Å². The summed E-state index contributed by atoms with van der Waals surface area (Å²) >= 11 is 1.62. The summed E-state index contributed by atoms with van der Waals surface area (Å²) in [7, 11) is 1.77. The number of benzene rings is 1. The number of carbonyl (C=O) groups is 1. The molecule has 0 N–H and O–H groups in total. The highest BCUT2D eigenvalue weighted by Gasteiger charge is 2.24. The average Bonchev–Trinajstić information content (AvgIpc) is 3.14. The van der Waals surface area contributed by atoms with E-state index in [9.17, 15) is 9.59 Å². The van der Waals surface area contributed by atoms with Gasteiger partial charge in [-0.25, -0.2) is 4.68 Å². The smallest absolute Gasteiger partial charge is 0.275 e. The molecule has 1 aromatic carbocycles.